The van der Waals surface area contributed by atoms with Crippen molar-refractivity contribution >= 4 is 17.7 Å². The van der Waals surface area contributed by atoms with Gasteiger partial charge in [-0.15, -0.1) is 0 Å². The fraction of sp³-hybridized carbons (Fsp3) is 0.769. The molecular formula is C13H23NO4. The van der Waals surface area contributed by atoms with E-state index in [0.29, 0.717) is 6.54 Å². The molecule has 0 rings (SSSR count). The summed E-state index contributed by atoms with van der Waals surface area (Å²) in [6, 6.07) is 0. The number of ether oxygens (including phenoxy) is 1. The molecule has 5 heteroatoms. The fourth-order valence-electron chi connectivity index (χ4n) is 1.34. The molecule has 1 unspecified atom stereocenters. The van der Waals surface area contributed by atoms with Crippen LogP contribution in [0.25, 0.3) is 0 Å². The second kappa shape index (κ2) is 9.62. The molecular weight excluding hydrogens is 234 g/mol. The molecule has 0 aromatic heterocycles. The van der Waals surface area contributed by atoms with Crippen LogP contribution in [0, 0.1) is 5.92 Å². The zero-order chi connectivity index (χ0) is 14.0. The lowest BCUT2D eigenvalue weighted by Gasteiger charge is -2.09. The van der Waals surface area contributed by atoms with Gasteiger partial charge in [-0.1, -0.05) is 13.3 Å². The number of ketones is 1. The summed E-state index contributed by atoms with van der Waals surface area (Å²) in [4.78, 5) is 34.3. The highest BCUT2D eigenvalue weighted by Gasteiger charge is 2.22. The van der Waals surface area contributed by atoms with Crippen LogP contribution in [-0.4, -0.2) is 30.8 Å². The Kier molecular flexibility index (Phi) is 8.88. The van der Waals surface area contributed by atoms with Crippen molar-refractivity contribution in [1.82, 2.24) is 5.32 Å². The molecule has 0 aromatic carbocycles. The van der Waals surface area contributed by atoms with Gasteiger partial charge >= 0.3 is 5.97 Å². The number of hydrogen-bond acceptors (Lipinski definition) is 4. The topological polar surface area (TPSA) is 72.5 Å². The van der Waals surface area contributed by atoms with Crippen molar-refractivity contribution in [2.45, 2.75) is 46.5 Å². The summed E-state index contributed by atoms with van der Waals surface area (Å²) in [6.07, 6.45) is 2.16. The largest absolute Gasteiger partial charge is 0.465 e. The van der Waals surface area contributed by atoms with Crippen LogP contribution in [0.3, 0.4) is 0 Å². The molecule has 104 valence electrons. The van der Waals surface area contributed by atoms with Crippen LogP contribution in [0.1, 0.15) is 46.5 Å². The van der Waals surface area contributed by atoms with Crippen LogP contribution in [-0.2, 0) is 19.1 Å². The molecule has 0 heterocycles. The molecule has 0 spiro atoms. The van der Waals surface area contributed by atoms with Gasteiger partial charge in [0.15, 0.2) is 0 Å². The van der Waals surface area contributed by atoms with Crippen LogP contribution in [0.15, 0.2) is 0 Å². The monoisotopic (exact) mass is 257 g/mol. The second-order valence-corrected chi connectivity index (χ2v) is 4.14. The number of carbonyl (C=O) groups excluding carboxylic acids is 3. The van der Waals surface area contributed by atoms with E-state index in [-0.39, 0.29) is 31.1 Å². The van der Waals surface area contributed by atoms with Gasteiger partial charge in [-0.3, -0.25) is 14.4 Å². The Labute approximate surface area is 108 Å². The third-order valence-corrected chi connectivity index (χ3v) is 2.57. The molecule has 18 heavy (non-hydrogen) atoms. The van der Waals surface area contributed by atoms with E-state index in [4.69, 9.17) is 4.74 Å². The Morgan fingerprint density at radius 1 is 1.17 bits per heavy atom. The normalized spacial score (nSPS) is 11.7. The van der Waals surface area contributed by atoms with Crippen LogP contribution in [0.4, 0.5) is 0 Å². The highest BCUT2D eigenvalue weighted by Crippen LogP contribution is 2.05. The number of nitrogens with one attached hydrogen (secondary N) is 1. The molecule has 0 saturated heterocycles. The lowest BCUT2D eigenvalue weighted by molar-refractivity contribution is -0.151. The number of esters is 1. The Hall–Kier alpha value is -1.39. The molecule has 0 bridgehead atoms. The van der Waals surface area contributed by atoms with E-state index in [1.54, 1.807) is 6.92 Å². The predicted molar refractivity (Wildman–Crippen MR) is 68.0 cm³/mol. The molecule has 0 aliphatic carbocycles. The quantitative estimate of drug-likeness (QED) is 0.385. The van der Waals surface area contributed by atoms with Gasteiger partial charge in [-0.2, -0.15) is 0 Å². The summed E-state index contributed by atoms with van der Waals surface area (Å²) in [5.74, 6) is -1.70. The molecule has 0 aliphatic heterocycles. The van der Waals surface area contributed by atoms with Gasteiger partial charge in [0.05, 0.1) is 6.61 Å². The van der Waals surface area contributed by atoms with Crippen molar-refractivity contribution in [3.05, 3.63) is 0 Å². The first-order chi connectivity index (χ1) is 8.52. The van der Waals surface area contributed by atoms with Crippen molar-refractivity contribution in [3.8, 4) is 0 Å². The first-order valence-electron chi connectivity index (χ1n) is 6.48. The maximum Gasteiger partial charge on any atom is 0.316 e. The number of carbonyl (C=O) groups is 3. The second-order valence-electron chi connectivity index (χ2n) is 4.14. The van der Waals surface area contributed by atoms with Gasteiger partial charge in [0.1, 0.15) is 11.7 Å². The summed E-state index contributed by atoms with van der Waals surface area (Å²) < 4.78 is 4.75. The van der Waals surface area contributed by atoms with Crippen LogP contribution in [0.2, 0.25) is 0 Å². The summed E-state index contributed by atoms with van der Waals surface area (Å²) in [5, 5.41) is 2.72. The van der Waals surface area contributed by atoms with Crippen molar-refractivity contribution in [2.75, 3.05) is 13.2 Å². The zero-order valence-corrected chi connectivity index (χ0v) is 11.5. The molecule has 0 radical (unpaired) electrons. The van der Waals surface area contributed by atoms with Gasteiger partial charge in [0, 0.05) is 19.4 Å². The molecule has 0 saturated carbocycles. The van der Waals surface area contributed by atoms with Gasteiger partial charge in [-0.05, 0) is 20.3 Å². The van der Waals surface area contributed by atoms with Crippen molar-refractivity contribution in [1.29, 1.82) is 0 Å². The number of amides is 1. The van der Waals surface area contributed by atoms with Crippen LogP contribution < -0.4 is 5.32 Å². The van der Waals surface area contributed by atoms with E-state index in [9.17, 15) is 14.4 Å². The minimum atomic E-state index is -0.784. The molecule has 1 atom stereocenters. The van der Waals surface area contributed by atoms with E-state index in [0.717, 1.165) is 12.8 Å². The average Bonchev–Trinajstić information content (AvgIpc) is 2.35. The average molecular weight is 257 g/mol. The predicted octanol–water partition coefficient (Wildman–Crippen LogP) is 1.45. The highest BCUT2D eigenvalue weighted by molar-refractivity contribution is 5.99. The van der Waals surface area contributed by atoms with E-state index in [1.807, 2.05) is 6.92 Å². The highest BCUT2D eigenvalue weighted by atomic mass is 16.5. The van der Waals surface area contributed by atoms with Crippen LogP contribution >= 0.6 is 0 Å². The van der Waals surface area contributed by atoms with Crippen molar-refractivity contribution in [2.24, 2.45) is 5.92 Å². The van der Waals surface area contributed by atoms with E-state index < -0.39 is 11.9 Å². The SMILES string of the molecule is CCCCNC(=O)CCC(=O)C(C)C(=O)OCC. The number of hydrogen-bond donors (Lipinski definition) is 1. The summed E-state index contributed by atoms with van der Waals surface area (Å²) in [6.45, 7) is 6.13. The van der Waals surface area contributed by atoms with Gasteiger partial charge in [-0.25, -0.2) is 0 Å². The lowest BCUT2D eigenvalue weighted by Crippen LogP contribution is -2.27. The summed E-state index contributed by atoms with van der Waals surface area (Å²) in [5.41, 5.74) is 0. The third kappa shape index (κ3) is 7.04. The molecule has 5 nitrogen and oxygen atoms in total. The van der Waals surface area contributed by atoms with Gasteiger partial charge in [0.25, 0.3) is 0 Å². The Morgan fingerprint density at radius 3 is 2.39 bits per heavy atom. The maximum absolute atomic E-state index is 11.6. The summed E-state index contributed by atoms with van der Waals surface area (Å²) >= 11 is 0. The minimum Gasteiger partial charge on any atom is -0.465 e. The summed E-state index contributed by atoms with van der Waals surface area (Å²) in [7, 11) is 0. The Bertz CT molecular complexity index is 289. The number of rotatable bonds is 9. The number of unbranched alkanes of at least 4 members (excludes halogenated alkanes) is 1. The molecule has 0 fully saturated rings. The number of Topliss-reactive ketones (excluding diaryl/α,β-unsaturated/α-hetero) is 1. The third-order valence-electron chi connectivity index (χ3n) is 2.57. The van der Waals surface area contributed by atoms with Crippen molar-refractivity contribution in [3.63, 3.8) is 0 Å². The Morgan fingerprint density at radius 2 is 1.83 bits per heavy atom. The zero-order valence-electron chi connectivity index (χ0n) is 11.5. The van der Waals surface area contributed by atoms with E-state index in [1.165, 1.54) is 6.92 Å². The minimum absolute atomic E-state index is 0.0813. The molecule has 0 aromatic rings. The van der Waals surface area contributed by atoms with E-state index >= 15 is 0 Å². The molecule has 1 amide bonds. The fourth-order valence-corrected chi connectivity index (χ4v) is 1.34. The molecule has 1 N–H and O–H groups in total. The lowest BCUT2D eigenvalue weighted by atomic mass is 10.0. The standard InChI is InChI=1S/C13H23NO4/c1-4-6-9-14-12(16)8-7-11(15)10(3)13(17)18-5-2/h10H,4-9H2,1-3H3,(H,14,16). The first kappa shape index (κ1) is 16.6. The van der Waals surface area contributed by atoms with E-state index in [2.05, 4.69) is 5.32 Å². The van der Waals surface area contributed by atoms with Crippen molar-refractivity contribution < 1.29 is 19.1 Å². The van der Waals surface area contributed by atoms with Crippen LogP contribution in [0.5, 0.6) is 0 Å². The first-order valence-corrected chi connectivity index (χ1v) is 6.48. The van der Waals surface area contributed by atoms with Gasteiger partial charge < -0.3 is 10.1 Å². The smallest absolute Gasteiger partial charge is 0.316 e. The Balaban J connectivity index is 3.88. The van der Waals surface area contributed by atoms with Gasteiger partial charge in [0.2, 0.25) is 5.91 Å². The maximum atomic E-state index is 11.6. The molecule has 0 aliphatic rings.